The molecule has 0 atom stereocenters. The van der Waals surface area contributed by atoms with Gasteiger partial charge in [-0.1, -0.05) is 5.21 Å². The predicted octanol–water partition coefficient (Wildman–Crippen LogP) is 1.26. The maximum absolute atomic E-state index is 11.7. The SMILES string of the molecule is COCCc1c(C(=O)OC)nnn1CCc1scnc1C. The van der Waals surface area contributed by atoms with E-state index in [2.05, 4.69) is 15.3 Å². The first kappa shape index (κ1) is 15.6. The van der Waals surface area contributed by atoms with Crippen molar-refractivity contribution < 1.29 is 14.3 Å². The maximum Gasteiger partial charge on any atom is 0.360 e. The Morgan fingerprint density at radius 2 is 2.19 bits per heavy atom. The molecule has 8 heteroatoms. The van der Waals surface area contributed by atoms with Gasteiger partial charge in [-0.2, -0.15) is 0 Å². The van der Waals surface area contributed by atoms with Gasteiger partial charge in [-0.3, -0.25) is 0 Å². The zero-order chi connectivity index (χ0) is 15.2. The van der Waals surface area contributed by atoms with E-state index in [0.29, 0.717) is 19.6 Å². The van der Waals surface area contributed by atoms with Crippen molar-refractivity contribution in [3.63, 3.8) is 0 Å². The van der Waals surface area contributed by atoms with Gasteiger partial charge in [0, 0.05) is 31.4 Å². The quantitative estimate of drug-likeness (QED) is 0.716. The first-order valence-electron chi connectivity index (χ1n) is 6.56. The van der Waals surface area contributed by atoms with Crippen molar-refractivity contribution in [2.45, 2.75) is 26.3 Å². The average Bonchev–Trinajstić information content (AvgIpc) is 3.08. The van der Waals surface area contributed by atoms with Crippen LogP contribution in [0.25, 0.3) is 0 Å². The first-order chi connectivity index (χ1) is 10.2. The fourth-order valence-electron chi connectivity index (χ4n) is 1.99. The molecule has 21 heavy (non-hydrogen) atoms. The minimum Gasteiger partial charge on any atom is -0.464 e. The molecule has 2 rings (SSSR count). The normalized spacial score (nSPS) is 10.8. The van der Waals surface area contributed by atoms with E-state index in [1.807, 2.05) is 12.4 Å². The Morgan fingerprint density at radius 3 is 2.81 bits per heavy atom. The molecule has 0 spiro atoms. The van der Waals surface area contributed by atoms with Crippen LogP contribution >= 0.6 is 11.3 Å². The summed E-state index contributed by atoms with van der Waals surface area (Å²) in [6.07, 6.45) is 1.37. The van der Waals surface area contributed by atoms with Gasteiger partial charge in [-0.05, 0) is 6.92 Å². The molecule has 0 amide bonds. The number of methoxy groups -OCH3 is 2. The third-order valence-corrected chi connectivity index (χ3v) is 4.15. The lowest BCUT2D eigenvalue weighted by Gasteiger charge is -2.07. The molecule has 0 aliphatic carbocycles. The number of ether oxygens (including phenoxy) is 2. The predicted molar refractivity (Wildman–Crippen MR) is 77.5 cm³/mol. The highest BCUT2D eigenvalue weighted by atomic mass is 32.1. The van der Waals surface area contributed by atoms with E-state index in [1.54, 1.807) is 23.1 Å². The van der Waals surface area contributed by atoms with Crippen LogP contribution in [-0.2, 0) is 28.9 Å². The number of rotatable bonds is 7. The second-order valence-corrected chi connectivity index (χ2v) is 5.39. The van der Waals surface area contributed by atoms with E-state index >= 15 is 0 Å². The van der Waals surface area contributed by atoms with E-state index in [1.165, 1.54) is 12.0 Å². The minimum absolute atomic E-state index is 0.260. The van der Waals surface area contributed by atoms with Crippen LogP contribution in [0.3, 0.4) is 0 Å². The van der Waals surface area contributed by atoms with Crippen LogP contribution in [-0.4, -0.2) is 46.8 Å². The Balaban J connectivity index is 2.16. The lowest BCUT2D eigenvalue weighted by atomic mass is 10.2. The summed E-state index contributed by atoms with van der Waals surface area (Å²) in [5.41, 5.74) is 3.87. The molecule has 0 aliphatic heterocycles. The third kappa shape index (κ3) is 3.64. The molecule has 0 saturated heterocycles. The van der Waals surface area contributed by atoms with E-state index in [-0.39, 0.29) is 5.69 Å². The molecule has 0 fully saturated rings. The van der Waals surface area contributed by atoms with Crippen LogP contribution < -0.4 is 0 Å². The molecule has 0 unspecified atom stereocenters. The van der Waals surface area contributed by atoms with Crippen LogP contribution in [0.4, 0.5) is 0 Å². The fraction of sp³-hybridized carbons (Fsp3) is 0.538. The van der Waals surface area contributed by atoms with Crippen LogP contribution in [0.5, 0.6) is 0 Å². The van der Waals surface area contributed by atoms with E-state index in [4.69, 9.17) is 9.47 Å². The van der Waals surface area contributed by atoms with Gasteiger partial charge in [0.2, 0.25) is 0 Å². The molecule has 0 radical (unpaired) electrons. The van der Waals surface area contributed by atoms with Crippen molar-refractivity contribution >= 4 is 17.3 Å². The first-order valence-corrected chi connectivity index (χ1v) is 7.44. The van der Waals surface area contributed by atoms with Crippen LogP contribution in [0.1, 0.15) is 26.8 Å². The van der Waals surface area contributed by atoms with Gasteiger partial charge in [-0.15, -0.1) is 16.4 Å². The molecule has 2 aromatic heterocycles. The summed E-state index contributed by atoms with van der Waals surface area (Å²) in [6, 6.07) is 0. The van der Waals surface area contributed by atoms with E-state index in [9.17, 15) is 4.79 Å². The van der Waals surface area contributed by atoms with Crippen molar-refractivity contribution in [1.82, 2.24) is 20.0 Å². The fourth-order valence-corrected chi connectivity index (χ4v) is 2.76. The zero-order valence-electron chi connectivity index (χ0n) is 12.3. The molecule has 0 bridgehead atoms. The smallest absolute Gasteiger partial charge is 0.360 e. The lowest BCUT2D eigenvalue weighted by Crippen LogP contribution is -2.13. The lowest BCUT2D eigenvalue weighted by molar-refractivity contribution is 0.0592. The summed E-state index contributed by atoms with van der Waals surface area (Å²) in [6.45, 7) is 3.13. The largest absolute Gasteiger partial charge is 0.464 e. The third-order valence-electron chi connectivity index (χ3n) is 3.15. The summed E-state index contributed by atoms with van der Waals surface area (Å²) in [5, 5.41) is 7.99. The molecule has 0 aromatic carbocycles. The number of carbonyl (C=O) groups is 1. The van der Waals surface area contributed by atoms with Crippen molar-refractivity contribution in [2.24, 2.45) is 0 Å². The molecular weight excluding hydrogens is 292 g/mol. The van der Waals surface area contributed by atoms with Gasteiger partial charge >= 0.3 is 5.97 Å². The summed E-state index contributed by atoms with van der Waals surface area (Å²) in [7, 11) is 2.95. The molecule has 0 saturated carbocycles. The summed E-state index contributed by atoms with van der Waals surface area (Å²) in [4.78, 5) is 17.1. The highest BCUT2D eigenvalue weighted by molar-refractivity contribution is 7.09. The van der Waals surface area contributed by atoms with Gasteiger partial charge in [0.05, 0.1) is 30.6 Å². The monoisotopic (exact) mass is 310 g/mol. The maximum atomic E-state index is 11.7. The molecular formula is C13H18N4O3S. The number of aryl methyl sites for hydroxylation is 3. The van der Waals surface area contributed by atoms with Crippen molar-refractivity contribution in [3.8, 4) is 0 Å². The Kier molecular flexibility index (Phi) is 5.40. The summed E-state index contributed by atoms with van der Waals surface area (Å²) < 4.78 is 11.6. The number of aromatic nitrogens is 4. The Bertz CT molecular complexity index is 608. The van der Waals surface area contributed by atoms with E-state index < -0.39 is 5.97 Å². The Morgan fingerprint density at radius 1 is 1.38 bits per heavy atom. The highest BCUT2D eigenvalue weighted by Gasteiger charge is 2.20. The second kappa shape index (κ2) is 7.28. The van der Waals surface area contributed by atoms with Crippen molar-refractivity contribution in [2.75, 3.05) is 20.8 Å². The second-order valence-electron chi connectivity index (χ2n) is 4.45. The van der Waals surface area contributed by atoms with Gasteiger partial charge in [0.25, 0.3) is 0 Å². The van der Waals surface area contributed by atoms with Gasteiger partial charge < -0.3 is 9.47 Å². The summed E-state index contributed by atoms with van der Waals surface area (Å²) >= 11 is 1.62. The number of esters is 1. The number of carbonyl (C=O) groups excluding carboxylic acids is 1. The minimum atomic E-state index is -0.471. The highest BCUT2D eigenvalue weighted by Crippen LogP contribution is 2.15. The molecule has 2 aromatic rings. The van der Waals surface area contributed by atoms with Crippen LogP contribution in [0, 0.1) is 6.92 Å². The summed E-state index contributed by atoms with van der Waals surface area (Å²) in [5.74, 6) is -0.471. The molecule has 7 nitrogen and oxygen atoms in total. The molecule has 114 valence electrons. The Hall–Kier alpha value is -1.80. The topological polar surface area (TPSA) is 79.1 Å². The number of nitrogens with zero attached hydrogens (tertiary/aromatic N) is 4. The van der Waals surface area contributed by atoms with Gasteiger partial charge in [0.1, 0.15) is 0 Å². The van der Waals surface area contributed by atoms with Gasteiger partial charge in [-0.25, -0.2) is 14.5 Å². The number of hydrogen-bond donors (Lipinski definition) is 0. The van der Waals surface area contributed by atoms with Gasteiger partial charge in [0.15, 0.2) is 5.69 Å². The standard InChI is InChI=1S/C13H18N4O3S/c1-9-11(21-8-14-9)4-6-17-10(5-7-19-2)12(15-16-17)13(18)20-3/h8H,4-7H2,1-3H3. The molecule has 2 heterocycles. The Labute approximate surface area is 126 Å². The van der Waals surface area contributed by atoms with Crippen LogP contribution in [0.2, 0.25) is 0 Å². The number of thiazole rings is 1. The van der Waals surface area contributed by atoms with Crippen molar-refractivity contribution in [3.05, 3.63) is 27.5 Å². The molecule has 0 N–H and O–H groups in total. The average molecular weight is 310 g/mol. The zero-order valence-corrected chi connectivity index (χ0v) is 13.1. The van der Waals surface area contributed by atoms with E-state index in [0.717, 1.165) is 17.8 Å². The number of hydrogen-bond acceptors (Lipinski definition) is 7. The van der Waals surface area contributed by atoms with Crippen LogP contribution in [0.15, 0.2) is 5.51 Å². The molecule has 0 aliphatic rings. The van der Waals surface area contributed by atoms with Crippen molar-refractivity contribution in [1.29, 1.82) is 0 Å².